The van der Waals surface area contributed by atoms with Crippen LogP contribution in [0.5, 0.6) is 0 Å². The Morgan fingerprint density at radius 2 is 1.86 bits per heavy atom. The Labute approximate surface area is 166 Å². The first-order valence-corrected chi connectivity index (χ1v) is 9.05. The van der Waals surface area contributed by atoms with Crippen LogP contribution in [-0.2, 0) is 9.53 Å². The molecule has 1 N–H and O–H groups in total. The van der Waals surface area contributed by atoms with Crippen molar-refractivity contribution in [3.05, 3.63) is 78.4 Å². The summed E-state index contributed by atoms with van der Waals surface area (Å²) in [6, 6.07) is 15.5. The Bertz CT molecular complexity index is 1130. The van der Waals surface area contributed by atoms with Crippen molar-refractivity contribution in [2.45, 2.75) is 13.0 Å². The molecule has 1 amide bonds. The predicted molar refractivity (Wildman–Crippen MR) is 105 cm³/mol. The van der Waals surface area contributed by atoms with E-state index in [0.717, 1.165) is 0 Å². The molecule has 4 aromatic rings. The van der Waals surface area contributed by atoms with Crippen molar-refractivity contribution in [3.63, 3.8) is 0 Å². The van der Waals surface area contributed by atoms with Gasteiger partial charge in [-0.25, -0.2) is 9.78 Å². The molecule has 1 atom stereocenters. The Kier molecular flexibility index (Phi) is 5.11. The van der Waals surface area contributed by atoms with Gasteiger partial charge in [0.2, 0.25) is 0 Å². The number of nitrogens with zero attached hydrogens (tertiary/aromatic N) is 1. The average molecular weight is 390 g/mol. The maximum absolute atomic E-state index is 12.7. The Balaban J connectivity index is 1.51. The summed E-state index contributed by atoms with van der Waals surface area (Å²) in [5.41, 5.74) is 1.45. The van der Waals surface area contributed by atoms with Crippen LogP contribution < -0.4 is 5.32 Å². The summed E-state index contributed by atoms with van der Waals surface area (Å²) in [4.78, 5) is 29.4. The molecular weight excluding hydrogens is 372 g/mol. The largest absolute Gasteiger partial charge is 0.467 e. The second-order valence-corrected chi connectivity index (χ2v) is 6.43. The van der Waals surface area contributed by atoms with Gasteiger partial charge in [-0.05, 0) is 43.3 Å². The van der Waals surface area contributed by atoms with Crippen LogP contribution in [0.4, 0.5) is 0 Å². The lowest BCUT2D eigenvalue weighted by Gasteiger charge is -2.12. The van der Waals surface area contributed by atoms with Gasteiger partial charge in [0.05, 0.1) is 29.6 Å². The van der Waals surface area contributed by atoms with Gasteiger partial charge in [-0.3, -0.25) is 4.79 Å². The van der Waals surface area contributed by atoms with Crippen molar-refractivity contribution in [2.75, 3.05) is 6.61 Å². The molecule has 7 nitrogen and oxygen atoms in total. The normalized spacial score (nSPS) is 11.9. The second-order valence-electron chi connectivity index (χ2n) is 6.43. The van der Waals surface area contributed by atoms with Gasteiger partial charge in [0.25, 0.3) is 5.91 Å². The SMILES string of the molecule is C[C@@H](NC(=O)COC(=O)c1cc(-c2ccco2)nc2ccccc12)c1ccco1. The molecular formula is C22H18N2O5. The number of rotatable bonds is 6. The van der Waals surface area contributed by atoms with Crippen LogP contribution in [0.3, 0.4) is 0 Å². The number of carbonyl (C=O) groups excluding carboxylic acids is 2. The number of furan rings is 2. The minimum Gasteiger partial charge on any atom is -0.467 e. The van der Waals surface area contributed by atoms with E-state index in [1.807, 2.05) is 12.1 Å². The summed E-state index contributed by atoms with van der Waals surface area (Å²) >= 11 is 0. The molecule has 0 aliphatic heterocycles. The molecule has 0 bridgehead atoms. The van der Waals surface area contributed by atoms with Gasteiger partial charge in [-0.15, -0.1) is 0 Å². The lowest BCUT2D eigenvalue weighted by atomic mass is 10.1. The van der Waals surface area contributed by atoms with Crippen LogP contribution in [0.15, 0.2) is 76.0 Å². The number of ether oxygens (including phenoxy) is 1. The number of nitrogens with one attached hydrogen (secondary N) is 1. The number of esters is 1. The molecule has 1 aromatic carbocycles. The molecule has 4 rings (SSSR count). The molecule has 0 saturated carbocycles. The summed E-state index contributed by atoms with van der Waals surface area (Å²) in [6.07, 6.45) is 3.07. The van der Waals surface area contributed by atoms with Crippen LogP contribution in [0.25, 0.3) is 22.4 Å². The highest BCUT2D eigenvalue weighted by atomic mass is 16.5. The van der Waals surface area contributed by atoms with Crippen LogP contribution in [0.2, 0.25) is 0 Å². The minimum atomic E-state index is -0.614. The number of carbonyl (C=O) groups is 2. The van der Waals surface area contributed by atoms with Gasteiger partial charge in [-0.1, -0.05) is 18.2 Å². The predicted octanol–water partition coefficient (Wildman–Crippen LogP) is 4.12. The zero-order valence-corrected chi connectivity index (χ0v) is 15.6. The quantitative estimate of drug-likeness (QED) is 0.498. The molecule has 7 heteroatoms. The number of para-hydroxylation sites is 1. The van der Waals surface area contributed by atoms with Gasteiger partial charge >= 0.3 is 5.97 Å². The van der Waals surface area contributed by atoms with Gasteiger partial charge in [0.15, 0.2) is 12.4 Å². The van der Waals surface area contributed by atoms with E-state index in [0.29, 0.717) is 33.7 Å². The summed E-state index contributed by atoms with van der Waals surface area (Å²) in [5, 5.41) is 3.36. The number of amides is 1. The zero-order valence-electron chi connectivity index (χ0n) is 15.6. The molecule has 29 heavy (non-hydrogen) atoms. The number of benzene rings is 1. The first-order chi connectivity index (χ1) is 14.1. The molecule has 0 spiro atoms. The number of pyridine rings is 1. The highest BCUT2D eigenvalue weighted by molar-refractivity contribution is 6.05. The van der Waals surface area contributed by atoms with E-state index in [4.69, 9.17) is 13.6 Å². The zero-order chi connectivity index (χ0) is 20.2. The number of hydrogen-bond donors (Lipinski definition) is 1. The molecule has 0 unspecified atom stereocenters. The minimum absolute atomic E-state index is 0.314. The lowest BCUT2D eigenvalue weighted by molar-refractivity contribution is -0.125. The monoisotopic (exact) mass is 390 g/mol. The van der Waals surface area contributed by atoms with E-state index in [1.165, 1.54) is 12.5 Å². The lowest BCUT2D eigenvalue weighted by Crippen LogP contribution is -2.31. The van der Waals surface area contributed by atoms with Gasteiger partial charge in [0, 0.05) is 5.39 Å². The molecule has 0 aliphatic carbocycles. The van der Waals surface area contributed by atoms with Crippen LogP contribution in [0, 0.1) is 0 Å². The summed E-state index contributed by atoms with van der Waals surface area (Å²) in [6.45, 7) is 1.38. The molecule has 0 aliphatic rings. The van der Waals surface area contributed by atoms with Gasteiger partial charge in [-0.2, -0.15) is 0 Å². The summed E-state index contributed by atoms with van der Waals surface area (Å²) in [7, 11) is 0. The molecule has 146 valence electrons. The van der Waals surface area contributed by atoms with Crippen LogP contribution in [-0.4, -0.2) is 23.5 Å². The van der Waals surface area contributed by atoms with Crippen molar-refractivity contribution >= 4 is 22.8 Å². The van der Waals surface area contributed by atoms with Crippen molar-refractivity contribution in [1.29, 1.82) is 0 Å². The third-order valence-electron chi connectivity index (χ3n) is 4.39. The van der Waals surface area contributed by atoms with E-state index >= 15 is 0 Å². The first-order valence-electron chi connectivity index (χ1n) is 9.05. The number of fused-ring (bicyclic) bond motifs is 1. The maximum atomic E-state index is 12.7. The van der Waals surface area contributed by atoms with E-state index < -0.39 is 18.5 Å². The molecule has 0 fully saturated rings. The molecule has 0 radical (unpaired) electrons. The second kappa shape index (κ2) is 8.02. The number of aromatic nitrogens is 1. The Morgan fingerprint density at radius 3 is 2.62 bits per heavy atom. The fourth-order valence-corrected chi connectivity index (χ4v) is 3.00. The van der Waals surface area contributed by atoms with Crippen molar-refractivity contribution in [1.82, 2.24) is 10.3 Å². The van der Waals surface area contributed by atoms with Crippen LogP contribution in [0.1, 0.15) is 29.1 Å². The van der Waals surface area contributed by atoms with E-state index in [9.17, 15) is 9.59 Å². The fourth-order valence-electron chi connectivity index (χ4n) is 3.00. The van der Waals surface area contributed by atoms with E-state index in [-0.39, 0.29) is 6.04 Å². The molecule has 3 aromatic heterocycles. The van der Waals surface area contributed by atoms with E-state index in [1.54, 1.807) is 49.4 Å². The Hall–Kier alpha value is -3.87. The van der Waals surface area contributed by atoms with E-state index in [2.05, 4.69) is 10.3 Å². The van der Waals surface area contributed by atoms with Crippen LogP contribution >= 0.6 is 0 Å². The standard InChI is InChI=1S/C22H18N2O5/c1-14(19-8-4-10-27-19)23-21(25)13-29-22(26)16-12-18(20-9-5-11-28-20)24-17-7-3-2-6-15(16)17/h2-12,14H,13H2,1H3,(H,23,25)/t14-/m1/s1. The fraction of sp³-hybridized carbons (Fsp3) is 0.136. The molecule has 3 heterocycles. The third kappa shape index (κ3) is 4.03. The topological polar surface area (TPSA) is 94.6 Å². The van der Waals surface area contributed by atoms with Crippen molar-refractivity contribution < 1.29 is 23.2 Å². The third-order valence-corrected chi connectivity index (χ3v) is 4.39. The summed E-state index contributed by atoms with van der Waals surface area (Å²) < 4.78 is 15.9. The highest BCUT2D eigenvalue weighted by Gasteiger charge is 2.18. The highest BCUT2D eigenvalue weighted by Crippen LogP contribution is 2.25. The average Bonchev–Trinajstić information content (AvgIpc) is 3.45. The summed E-state index contributed by atoms with van der Waals surface area (Å²) in [5.74, 6) is 0.117. The van der Waals surface area contributed by atoms with Crippen molar-refractivity contribution in [3.8, 4) is 11.5 Å². The first kappa shape index (κ1) is 18.5. The van der Waals surface area contributed by atoms with Gasteiger partial charge < -0.3 is 18.9 Å². The molecule has 0 saturated heterocycles. The van der Waals surface area contributed by atoms with Crippen molar-refractivity contribution in [2.24, 2.45) is 0 Å². The van der Waals surface area contributed by atoms with Gasteiger partial charge in [0.1, 0.15) is 11.5 Å². The maximum Gasteiger partial charge on any atom is 0.339 e. The smallest absolute Gasteiger partial charge is 0.339 e. The number of hydrogen-bond acceptors (Lipinski definition) is 6. The Morgan fingerprint density at radius 1 is 1.07 bits per heavy atom.